The molecular formula is C27H34N4O2S2. The minimum absolute atomic E-state index is 0.0249. The van der Waals surface area contributed by atoms with E-state index in [-0.39, 0.29) is 29.0 Å². The maximum Gasteiger partial charge on any atom is 0.240 e. The summed E-state index contributed by atoms with van der Waals surface area (Å²) in [6, 6.07) is 8.27. The monoisotopic (exact) mass is 510 g/mol. The summed E-state index contributed by atoms with van der Waals surface area (Å²) in [5.74, 6) is 0.775. The van der Waals surface area contributed by atoms with Crippen LogP contribution in [0.4, 0.5) is 5.82 Å². The number of fused-ring (bicyclic) bond motifs is 1. The van der Waals surface area contributed by atoms with Gasteiger partial charge in [-0.05, 0) is 59.9 Å². The third-order valence-corrected chi connectivity index (χ3v) is 8.28. The summed E-state index contributed by atoms with van der Waals surface area (Å²) in [4.78, 5) is 28.1. The molecule has 1 atom stereocenters. The molecule has 1 aromatic carbocycles. The number of hydrogen-bond donors (Lipinski definition) is 1. The zero-order valence-corrected chi connectivity index (χ0v) is 23.0. The number of rotatable bonds is 6. The van der Waals surface area contributed by atoms with Crippen LogP contribution in [0.15, 0.2) is 35.0 Å². The van der Waals surface area contributed by atoms with Crippen molar-refractivity contribution < 1.29 is 9.59 Å². The lowest BCUT2D eigenvalue weighted by Crippen LogP contribution is -2.42. The van der Waals surface area contributed by atoms with Gasteiger partial charge in [-0.1, -0.05) is 39.8 Å². The highest BCUT2D eigenvalue weighted by molar-refractivity contribution is 8.00. The van der Waals surface area contributed by atoms with Crippen molar-refractivity contribution in [1.82, 2.24) is 15.1 Å². The molecule has 0 fully saturated rings. The number of hydrogen-bond acceptors (Lipinski definition) is 5. The molecule has 6 nitrogen and oxygen atoms in total. The number of benzene rings is 1. The van der Waals surface area contributed by atoms with Crippen LogP contribution < -0.4 is 10.2 Å². The topological polar surface area (TPSA) is 67.2 Å². The molecule has 2 amide bonds. The third kappa shape index (κ3) is 5.05. The molecule has 1 aliphatic rings. The fourth-order valence-electron chi connectivity index (χ4n) is 4.36. The number of carbonyl (C=O) groups is 2. The van der Waals surface area contributed by atoms with Crippen LogP contribution in [0.1, 0.15) is 67.3 Å². The summed E-state index contributed by atoms with van der Waals surface area (Å²) < 4.78 is 1.91. The van der Waals surface area contributed by atoms with Crippen LogP contribution in [0.3, 0.4) is 0 Å². The van der Waals surface area contributed by atoms with Crippen LogP contribution >= 0.6 is 23.1 Å². The first-order valence-electron chi connectivity index (χ1n) is 12.0. The summed E-state index contributed by atoms with van der Waals surface area (Å²) in [5.41, 5.74) is 6.06. The molecule has 0 bridgehead atoms. The fourth-order valence-corrected chi connectivity index (χ4v) is 6.32. The quantitative estimate of drug-likeness (QED) is 0.473. The van der Waals surface area contributed by atoms with E-state index in [9.17, 15) is 9.59 Å². The van der Waals surface area contributed by atoms with E-state index in [1.807, 2.05) is 23.7 Å². The van der Waals surface area contributed by atoms with Crippen molar-refractivity contribution in [1.29, 1.82) is 0 Å². The lowest BCUT2D eigenvalue weighted by atomic mass is 9.87. The first kappa shape index (κ1) is 25.5. The first-order chi connectivity index (χ1) is 16.6. The molecule has 2 aromatic heterocycles. The smallest absolute Gasteiger partial charge is 0.240 e. The average Bonchev–Trinajstić information content (AvgIpc) is 3.44. The minimum atomic E-state index is -0.259. The van der Waals surface area contributed by atoms with Gasteiger partial charge < -0.3 is 5.32 Å². The highest BCUT2D eigenvalue weighted by Gasteiger charge is 2.40. The van der Waals surface area contributed by atoms with E-state index < -0.39 is 0 Å². The first-order valence-corrected chi connectivity index (χ1v) is 14.0. The average molecular weight is 511 g/mol. The molecule has 186 valence electrons. The Bertz CT molecular complexity index is 1220. The highest BCUT2D eigenvalue weighted by atomic mass is 32.2. The standard InChI is InChI=1S/C27H34N4O2S2/c1-7-12-28-21(32)14-30-22(33)16-35-24(19-11-13-34-15-19)23-25(27(4,5)6)29-31(26(23)30)20-10-8-9-17(2)18(20)3/h8-11,13,15,24H,7,12,14,16H2,1-6H3,(H,28,32)/t24-/m1/s1. The maximum atomic E-state index is 13.6. The Hall–Kier alpha value is -2.58. The van der Waals surface area contributed by atoms with Gasteiger partial charge in [-0.3, -0.25) is 14.5 Å². The Morgan fingerprint density at radius 3 is 2.66 bits per heavy atom. The molecular weight excluding hydrogens is 476 g/mol. The predicted octanol–water partition coefficient (Wildman–Crippen LogP) is 5.54. The number of aromatic nitrogens is 2. The van der Waals surface area contributed by atoms with E-state index >= 15 is 0 Å². The van der Waals surface area contributed by atoms with Crippen molar-refractivity contribution >= 4 is 40.7 Å². The zero-order valence-electron chi connectivity index (χ0n) is 21.3. The van der Waals surface area contributed by atoms with Gasteiger partial charge in [0.15, 0.2) is 0 Å². The van der Waals surface area contributed by atoms with Crippen molar-refractivity contribution in [2.75, 3.05) is 23.7 Å². The molecule has 0 saturated carbocycles. The number of aryl methyl sites for hydroxylation is 1. The highest BCUT2D eigenvalue weighted by Crippen LogP contribution is 2.49. The second-order valence-corrected chi connectivity index (χ2v) is 11.9. The molecule has 8 heteroatoms. The van der Waals surface area contributed by atoms with E-state index in [2.05, 4.69) is 62.8 Å². The maximum absolute atomic E-state index is 13.6. The Morgan fingerprint density at radius 2 is 2.00 bits per heavy atom. The Balaban J connectivity index is 2.01. The van der Waals surface area contributed by atoms with E-state index in [1.165, 1.54) is 0 Å². The van der Waals surface area contributed by atoms with Gasteiger partial charge in [0.1, 0.15) is 12.4 Å². The Morgan fingerprint density at radius 1 is 1.23 bits per heavy atom. The second-order valence-electron chi connectivity index (χ2n) is 10.0. The predicted molar refractivity (Wildman–Crippen MR) is 146 cm³/mol. The number of thiophene rings is 1. The molecule has 35 heavy (non-hydrogen) atoms. The summed E-state index contributed by atoms with van der Waals surface area (Å²) in [6.07, 6.45) is 0.843. The number of thioether (sulfide) groups is 1. The van der Waals surface area contributed by atoms with Crippen molar-refractivity contribution in [3.05, 3.63) is 63.0 Å². The van der Waals surface area contributed by atoms with E-state index in [1.54, 1.807) is 28.0 Å². The largest absolute Gasteiger partial charge is 0.355 e. The van der Waals surface area contributed by atoms with E-state index in [4.69, 9.17) is 5.10 Å². The number of nitrogens with zero attached hydrogens (tertiary/aromatic N) is 3. The molecule has 1 N–H and O–H groups in total. The number of carbonyl (C=O) groups excluding carboxylic acids is 2. The van der Waals surface area contributed by atoms with Crippen LogP contribution in [-0.2, 0) is 15.0 Å². The van der Waals surface area contributed by atoms with Crippen LogP contribution in [0.2, 0.25) is 0 Å². The van der Waals surface area contributed by atoms with Gasteiger partial charge in [-0.25, -0.2) is 4.68 Å². The van der Waals surface area contributed by atoms with Crippen LogP contribution in [0.25, 0.3) is 5.69 Å². The van der Waals surface area contributed by atoms with Crippen LogP contribution in [0, 0.1) is 13.8 Å². The molecule has 0 unspecified atom stereocenters. The lowest BCUT2D eigenvalue weighted by Gasteiger charge is -2.24. The van der Waals surface area contributed by atoms with Crippen molar-refractivity contribution in [3.8, 4) is 5.69 Å². The molecule has 3 heterocycles. The SMILES string of the molecule is CCCNC(=O)CN1C(=O)CS[C@H](c2ccsc2)c2c(C(C)(C)C)nn(-c3cccc(C)c3C)c21. The molecule has 0 aliphatic carbocycles. The Kier molecular flexibility index (Phi) is 7.43. The molecule has 1 aliphatic heterocycles. The molecule has 0 radical (unpaired) electrons. The molecule has 3 aromatic rings. The van der Waals surface area contributed by atoms with Gasteiger partial charge in [-0.2, -0.15) is 16.4 Å². The number of anilines is 1. The normalized spacial score (nSPS) is 16.2. The van der Waals surface area contributed by atoms with Gasteiger partial charge in [0.2, 0.25) is 11.8 Å². The molecule has 0 saturated heterocycles. The third-order valence-electron chi connectivity index (χ3n) is 6.32. The number of nitrogens with one attached hydrogen (secondary N) is 1. The summed E-state index contributed by atoms with van der Waals surface area (Å²) >= 11 is 3.27. The summed E-state index contributed by atoms with van der Waals surface area (Å²) in [7, 11) is 0. The van der Waals surface area contributed by atoms with Crippen LogP contribution in [0.5, 0.6) is 0 Å². The van der Waals surface area contributed by atoms with Gasteiger partial charge >= 0.3 is 0 Å². The van der Waals surface area contributed by atoms with Crippen molar-refractivity contribution in [2.24, 2.45) is 0 Å². The summed E-state index contributed by atoms with van der Waals surface area (Å²) in [5, 5.41) is 12.3. The van der Waals surface area contributed by atoms with Crippen molar-refractivity contribution in [2.45, 2.75) is 58.6 Å². The molecule has 4 rings (SSSR count). The van der Waals surface area contributed by atoms with Crippen LogP contribution in [-0.4, -0.2) is 40.4 Å². The zero-order chi connectivity index (χ0) is 25.3. The fraction of sp³-hybridized carbons (Fsp3) is 0.444. The second kappa shape index (κ2) is 10.2. The summed E-state index contributed by atoms with van der Waals surface area (Å²) in [6.45, 7) is 13.2. The van der Waals surface area contributed by atoms with Crippen molar-refractivity contribution in [3.63, 3.8) is 0 Å². The molecule has 0 spiro atoms. The van der Waals surface area contributed by atoms with Gasteiger partial charge in [0.25, 0.3) is 0 Å². The van der Waals surface area contributed by atoms with E-state index in [0.717, 1.165) is 40.1 Å². The van der Waals surface area contributed by atoms with Gasteiger partial charge in [-0.15, -0.1) is 11.8 Å². The minimum Gasteiger partial charge on any atom is -0.355 e. The Labute approximate surface area is 216 Å². The van der Waals surface area contributed by atoms with Gasteiger partial charge in [0, 0.05) is 17.5 Å². The van der Waals surface area contributed by atoms with E-state index in [0.29, 0.717) is 18.1 Å². The van der Waals surface area contributed by atoms with Gasteiger partial charge in [0.05, 0.1) is 22.4 Å². The number of amides is 2. The lowest BCUT2D eigenvalue weighted by molar-refractivity contribution is -0.122.